The van der Waals surface area contributed by atoms with E-state index in [2.05, 4.69) is 24.8 Å². The highest BCUT2D eigenvalue weighted by Gasteiger charge is 2.24. The number of amides is 1. The molecular weight excluding hydrogens is 378 g/mol. The van der Waals surface area contributed by atoms with Crippen LogP contribution in [0.5, 0.6) is 0 Å². The van der Waals surface area contributed by atoms with Gasteiger partial charge in [-0.15, -0.1) is 0 Å². The Balaban J connectivity index is 1.25. The number of nitrogens with two attached hydrogens (primary N) is 1. The van der Waals surface area contributed by atoms with E-state index in [-0.39, 0.29) is 5.91 Å². The summed E-state index contributed by atoms with van der Waals surface area (Å²) in [5.41, 5.74) is 8.84. The number of hydrogen-bond donors (Lipinski definition) is 1. The zero-order chi connectivity index (χ0) is 20.5. The van der Waals surface area contributed by atoms with E-state index in [0.29, 0.717) is 37.0 Å². The van der Waals surface area contributed by atoms with Crippen molar-refractivity contribution < 1.29 is 4.79 Å². The molecule has 2 N–H and O–H groups in total. The molecule has 0 saturated carbocycles. The third-order valence-electron chi connectivity index (χ3n) is 5.37. The molecule has 0 unspecified atom stereocenters. The molecule has 0 spiro atoms. The largest absolute Gasteiger partial charge is 0.383 e. The summed E-state index contributed by atoms with van der Waals surface area (Å²) in [7, 11) is 0. The van der Waals surface area contributed by atoms with E-state index >= 15 is 0 Å². The third-order valence-corrected chi connectivity index (χ3v) is 5.37. The highest BCUT2D eigenvalue weighted by Crippen LogP contribution is 2.18. The molecule has 1 amide bonds. The number of aromatic nitrogens is 4. The Kier molecular flexibility index (Phi) is 4.68. The monoisotopic (exact) mass is 399 g/mol. The smallest absolute Gasteiger partial charge is 0.274 e. The summed E-state index contributed by atoms with van der Waals surface area (Å²) in [6.45, 7) is 3.32. The van der Waals surface area contributed by atoms with E-state index in [4.69, 9.17) is 5.73 Å². The molecule has 1 aliphatic rings. The number of piperazine rings is 1. The van der Waals surface area contributed by atoms with Crippen molar-refractivity contribution in [1.82, 2.24) is 29.7 Å². The number of para-hydroxylation sites is 3. The van der Waals surface area contributed by atoms with Crippen LogP contribution in [0.1, 0.15) is 16.3 Å². The molecule has 0 radical (unpaired) electrons. The van der Waals surface area contributed by atoms with E-state index in [1.807, 2.05) is 53.4 Å². The summed E-state index contributed by atoms with van der Waals surface area (Å²) < 4.78 is 0. The van der Waals surface area contributed by atoms with Crippen LogP contribution in [0.15, 0.2) is 54.7 Å². The topological polar surface area (TPSA) is 101 Å². The lowest BCUT2D eigenvalue weighted by Gasteiger charge is -2.34. The fourth-order valence-electron chi connectivity index (χ4n) is 3.75. The van der Waals surface area contributed by atoms with Crippen LogP contribution in [0.2, 0.25) is 0 Å². The van der Waals surface area contributed by atoms with E-state index in [9.17, 15) is 4.79 Å². The second-order valence-corrected chi connectivity index (χ2v) is 7.35. The summed E-state index contributed by atoms with van der Waals surface area (Å²) in [4.78, 5) is 34.8. The molecule has 4 aromatic rings. The number of carbonyl (C=O) groups is 1. The van der Waals surface area contributed by atoms with Gasteiger partial charge in [0.25, 0.3) is 5.91 Å². The molecule has 0 atom stereocenters. The molecule has 3 heterocycles. The molecule has 8 nitrogen and oxygen atoms in total. The molecule has 0 aliphatic carbocycles. The molecule has 8 heteroatoms. The summed E-state index contributed by atoms with van der Waals surface area (Å²) in [5, 5.41) is 0.869. The number of anilines is 1. The SMILES string of the molecule is Nc1nc(CN2CCN(C(=O)c3cnc4ccccc4n3)CC2)nc2ccccc12. The molecule has 2 aromatic carbocycles. The van der Waals surface area contributed by atoms with Gasteiger partial charge >= 0.3 is 0 Å². The van der Waals surface area contributed by atoms with Crippen LogP contribution in [0, 0.1) is 0 Å². The maximum atomic E-state index is 12.9. The predicted molar refractivity (Wildman–Crippen MR) is 115 cm³/mol. The predicted octanol–water partition coefficient (Wildman–Crippen LogP) is 2.11. The Morgan fingerprint density at radius 2 is 1.57 bits per heavy atom. The average molecular weight is 399 g/mol. The quantitative estimate of drug-likeness (QED) is 0.563. The van der Waals surface area contributed by atoms with Crippen LogP contribution in [-0.4, -0.2) is 61.8 Å². The Bertz CT molecular complexity index is 1230. The molecule has 150 valence electrons. The Morgan fingerprint density at radius 1 is 0.867 bits per heavy atom. The second kappa shape index (κ2) is 7.64. The number of benzene rings is 2. The van der Waals surface area contributed by atoms with Crippen LogP contribution < -0.4 is 5.73 Å². The minimum absolute atomic E-state index is 0.0842. The van der Waals surface area contributed by atoms with E-state index in [0.717, 1.165) is 35.0 Å². The molecule has 1 saturated heterocycles. The van der Waals surface area contributed by atoms with Gasteiger partial charge in [-0.2, -0.15) is 0 Å². The Morgan fingerprint density at radius 3 is 2.37 bits per heavy atom. The van der Waals surface area contributed by atoms with Crippen LogP contribution in [0.3, 0.4) is 0 Å². The van der Waals surface area contributed by atoms with Gasteiger partial charge in [0.2, 0.25) is 0 Å². The highest BCUT2D eigenvalue weighted by atomic mass is 16.2. The molecule has 5 rings (SSSR count). The van der Waals surface area contributed by atoms with Crippen LogP contribution in [0.4, 0.5) is 5.82 Å². The lowest BCUT2D eigenvalue weighted by molar-refractivity contribution is 0.0620. The first-order valence-electron chi connectivity index (χ1n) is 9.92. The number of fused-ring (bicyclic) bond motifs is 2. The zero-order valence-electron chi connectivity index (χ0n) is 16.4. The summed E-state index contributed by atoms with van der Waals surface area (Å²) in [6, 6.07) is 15.3. The van der Waals surface area contributed by atoms with Gasteiger partial charge in [-0.3, -0.25) is 14.7 Å². The van der Waals surface area contributed by atoms with E-state index in [1.165, 1.54) is 0 Å². The zero-order valence-corrected chi connectivity index (χ0v) is 16.4. The van der Waals surface area contributed by atoms with Gasteiger partial charge in [0.05, 0.1) is 29.3 Å². The summed E-state index contributed by atoms with van der Waals surface area (Å²) in [5.74, 6) is 1.12. The van der Waals surface area contributed by atoms with Gasteiger partial charge in [-0.1, -0.05) is 24.3 Å². The lowest BCUT2D eigenvalue weighted by atomic mass is 10.2. The van der Waals surface area contributed by atoms with Crippen molar-refractivity contribution >= 4 is 33.7 Å². The van der Waals surface area contributed by atoms with Gasteiger partial charge in [0, 0.05) is 31.6 Å². The first-order chi connectivity index (χ1) is 14.7. The molecular formula is C22H21N7O. The number of hydrogen-bond acceptors (Lipinski definition) is 7. The molecule has 0 bridgehead atoms. The maximum absolute atomic E-state index is 12.9. The fraction of sp³-hybridized carbons (Fsp3) is 0.227. The minimum atomic E-state index is -0.0842. The minimum Gasteiger partial charge on any atom is -0.383 e. The Labute approximate surface area is 173 Å². The third kappa shape index (κ3) is 3.53. The van der Waals surface area contributed by atoms with Gasteiger partial charge in [-0.05, 0) is 24.3 Å². The van der Waals surface area contributed by atoms with E-state index in [1.54, 1.807) is 6.20 Å². The normalized spacial score (nSPS) is 15.0. The van der Waals surface area contributed by atoms with Crippen LogP contribution in [0.25, 0.3) is 21.9 Å². The van der Waals surface area contributed by atoms with Crippen LogP contribution >= 0.6 is 0 Å². The number of carbonyl (C=O) groups excluding carboxylic acids is 1. The molecule has 1 aliphatic heterocycles. The van der Waals surface area contributed by atoms with Crippen molar-refractivity contribution in [2.75, 3.05) is 31.9 Å². The van der Waals surface area contributed by atoms with Crippen molar-refractivity contribution in [3.05, 3.63) is 66.2 Å². The van der Waals surface area contributed by atoms with Gasteiger partial charge in [0.15, 0.2) is 0 Å². The van der Waals surface area contributed by atoms with Crippen molar-refractivity contribution in [2.45, 2.75) is 6.54 Å². The van der Waals surface area contributed by atoms with Crippen molar-refractivity contribution in [1.29, 1.82) is 0 Å². The van der Waals surface area contributed by atoms with Gasteiger partial charge < -0.3 is 10.6 Å². The second-order valence-electron chi connectivity index (χ2n) is 7.35. The molecule has 30 heavy (non-hydrogen) atoms. The fourth-order valence-corrected chi connectivity index (χ4v) is 3.75. The first kappa shape index (κ1) is 18.4. The lowest BCUT2D eigenvalue weighted by Crippen LogP contribution is -2.48. The Hall–Kier alpha value is -3.65. The first-order valence-corrected chi connectivity index (χ1v) is 9.92. The highest BCUT2D eigenvalue weighted by molar-refractivity contribution is 5.94. The van der Waals surface area contributed by atoms with Gasteiger partial charge in [0.1, 0.15) is 17.3 Å². The molecule has 2 aromatic heterocycles. The number of nitrogens with zero attached hydrogens (tertiary/aromatic N) is 6. The van der Waals surface area contributed by atoms with Crippen molar-refractivity contribution in [3.63, 3.8) is 0 Å². The van der Waals surface area contributed by atoms with Crippen molar-refractivity contribution in [3.8, 4) is 0 Å². The van der Waals surface area contributed by atoms with Crippen molar-refractivity contribution in [2.24, 2.45) is 0 Å². The molecule has 1 fully saturated rings. The van der Waals surface area contributed by atoms with E-state index < -0.39 is 0 Å². The summed E-state index contributed by atoms with van der Waals surface area (Å²) >= 11 is 0. The maximum Gasteiger partial charge on any atom is 0.274 e. The average Bonchev–Trinajstić information content (AvgIpc) is 2.79. The number of rotatable bonds is 3. The van der Waals surface area contributed by atoms with Crippen LogP contribution in [-0.2, 0) is 6.54 Å². The van der Waals surface area contributed by atoms with Gasteiger partial charge in [-0.25, -0.2) is 15.0 Å². The number of nitrogen functional groups attached to an aromatic ring is 1. The standard InChI is InChI=1S/C22H21N7O/c23-21-15-5-1-2-6-16(15)26-20(27-21)14-28-9-11-29(12-10-28)22(30)19-13-24-17-7-3-4-8-18(17)25-19/h1-8,13H,9-12,14H2,(H2,23,26,27). The summed E-state index contributed by atoms with van der Waals surface area (Å²) in [6.07, 6.45) is 1.56.